The SMILES string of the molecule is CCOC(=O)/C=C/CNCCc1cccnc1. The van der Waals surface area contributed by atoms with Crippen LogP contribution in [0.1, 0.15) is 12.5 Å². The van der Waals surface area contributed by atoms with Crippen LogP contribution in [-0.4, -0.2) is 30.6 Å². The van der Waals surface area contributed by atoms with Crippen molar-refractivity contribution in [1.82, 2.24) is 10.3 Å². The third kappa shape index (κ3) is 6.48. The molecule has 92 valence electrons. The minimum Gasteiger partial charge on any atom is -0.463 e. The number of carbonyl (C=O) groups excluding carboxylic acids is 1. The number of hydrogen-bond acceptors (Lipinski definition) is 4. The largest absolute Gasteiger partial charge is 0.463 e. The van der Waals surface area contributed by atoms with E-state index in [-0.39, 0.29) is 5.97 Å². The fraction of sp³-hybridized carbons (Fsp3) is 0.385. The number of aromatic nitrogens is 1. The normalized spacial score (nSPS) is 10.6. The average molecular weight is 234 g/mol. The molecule has 4 heteroatoms. The Morgan fingerprint density at radius 3 is 3.18 bits per heavy atom. The number of nitrogens with zero attached hydrogens (tertiary/aromatic N) is 1. The van der Waals surface area contributed by atoms with Crippen LogP contribution >= 0.6 is 0 Å². The van der Waals surface area contributed by atoms with E-state index in [0.717, 1.165) is 13.0 Å². The summed E-state index contributed by atoms with van der Waals surface area (Å²) < 4.78 is 4.76. The first-order chi connectivity index (χ1) is 8.33. The Morgan fingerprint density at radius 2 is 2.47 bits per heavy atom. The monoisotopic (exact) mass is 234 g/mol. The summed E-state index contributed by atoms with van der Waals surface area (Å²) in [6, 6.07) is 3.97. The molecule has 0 saturated carbocycles. The summed E-state index contributed by atoms with van der Waals surface area (Å²) in [6.45, 7) is 3.73. The molecule has 0 unspecified atom stereocenters. The van der Waals surface area contributed by atoms with E-state index in [4.69, 9.17) is 4.74 Å². The number of nitrogens with one attached hydrogen (secondary N) is 1. The number of ether oxygens (including phenoxy) is 1. The predicted molar refractivity (Wildman–Crippen MR) is 66.6 cm³/mol. The second-order valence-corrected chi connectivity index (χ2v) is 3.47. The first kappa shape index (κ1) is 13.4. The minimum absolute atomic E-state index is 0.290. The van der Waals surface area contributed by atoms with Gasteiger partial charge in [-0.15, -0.1) is 0 Å². The Balaban J connectivity index is 2.07. The van der Waals surface area contributed by atoms with Crippen molar-refractivity contribution in [2.75, 3.05) is 19.7 Å². The second-order valence-electron chi connectivity index (χ2n) is 3.47. The molecular weight excluding hydrogens is 216 g/mol. The molecule has 0 radical (unpaired) electrons. The summed E-state index contributed by atoms with van der Waals surface area (Å²) >= 11 is 0. The van der Waals surface area contributed by atoms with Gasteiger partial charge in [-0.3, -0.25) is 4.98 Å². The zero-order chi connectivity index (χ0) is 12.3. The Labute approximate surface area is 102 Å². The van der Waals surface area contributed by atoms with E-state index in [1.165, 1.54) is 11.6 Å². The molecule has 1 aromatic heterocycles. The Kier molecular flexibility index (Phi) is 6.67. The molecular formula is C13H18N2O2. The highest BCUT2D eigenvalue weighted by atomic mass is 16.5. The van der Waals surface area contributed by atoms with Crippen LogP contribution in [0.4, 0.5) is 0 Å². The summed E-state index contributed by atoms with van der Waals surface area (Å²) in [5.74, 6) is -0.290. The molecule has 0 bridgehead atoms. The van der Waals surface area contributed by atoms with Crippen LogP contribution in [0.3, 0.4) is 0 Å². The molecule has 0 amide bonds. The Morgan fingerprint density at radius 1 is 1.59 bits per heavy atom. The molecule has 1 rings (SSSR count). The van der Waals surface area contributed by atoms with Gasteiger partial charge in [0, 0.05) is 25.0 Å². The molecule has 1 aromatic rings. The first-order valence-corrected chi connectivity index (χ1v) is 5.76. The van der Waals surface area contributed by atoms with Crippen molar-refractivity contribution in [3.63, 3.8) is 0 Å². The van der Waals surface area contributed by atoms with Crippen molar-refractivity contribution in [3.8, 4) is 0 Å². The fourth-order valence-electron chi connectivity index (χ4n) is 1.31. The van der Waals surface area contributed by atoms with E-state index >= 15 is 0 Å². The van der Waals surface area contributed by atoms with E-state index in [9.17, 15) is 4.79 Å². The molecule has 0 atom stereocenters. The van der Waals surface area contributed by atoms with E-state index < -0.39 is 0 Å². The molecule has 1 heterocycles. The van der Waals surface area contributed by atoms with Gasteiger partial charge in [0.25, 0.3) is 0 Å². The predicted octanol–water partition coefficient (Wildman–Crippen LogP) is 1.33. The number of rotatable bonds is 7. The van der Waals surface area contributed by atoms with Crippen LogP contribution in [0.2, 0.25) is 0 Å². The van der Waals surface area contributed by atoms with Crippen molar-refractivity contribution >= 4 is 5.97 Å². The number of esters is 1. The van der Waals surface area contributed by atoms with Gasteiger partial charge in [-0.1, -0.05) is 12.1 Å². The van der Waals surface area contributed by atoms with Crippen LogP contribution in [0.25, 0.3) is 0 Å². The molecule has 0 aliphatic carbocycles. The lowest BCUT2D eigenvalue weighted by Gasteiger charge is -2.01. The molecule has 4 nitrogen and oxygen atoms in total. The van der Waals surface area contributed by atoms with Gasteiger partial charge in [0.15, 0.2) is 0 Å². The van der Waals surface area contributed by atoms with Crippen molar-refractivity contribution in [1.29, 1.82) is 0 Å². The number of carbonyl (C=O) groups is 1. The Bertz CT molecular complexity index is 350. The van der Waals surface area contributed by atoms with Gasteiger partial charge in [0.2, 0.25) is 0 Å². The average Bonchev–Trinajstić information content (AvgIpc) is 2.35. The van der Waals surface area contributed by atoms with E-state index in [2.05, 4.69) is 10.3 Å². The van der Waals surface area contributed by atoms with Gasteiger partial charge in [0.1, 0.15) is 0 Å². The highest BCUT2D eigenvalue weighted by Crippen LogP contribution is 1.95. The summed E-state index contributed by atoms with van der Waals surface area (Å²) in [7, 11) is 0. The zero-order valence-corrected chi connectivity index (χ0v) is 10.1. The highest BCUT2D eigenvalue weighted by Gasteiger charge is 1.93. The highest BCUT2D eigenvalue weighted by molar-refractivity contribution is 5.81. The summed E-state index contributed by atoms with van der Waals surface area (Å²) in [5.41, 5.74) is 1.20. The van der Waals surface area contributed by atoms with Crippen molar-refractivity contribution in [2.45, 2.75) is 13.3 Å². The van der Waals surface area contributed by atoms with Crippen LogP contribution in [0.15, 0.2) is 36.7 Å². The quantitative estimate of drug-likeness (QED) is 0.439. The molecule has 17 heavy (non-hydrogen) atoms. The minimum atomic E-state index is -0.290. The molecule has 0 fully saturated rings. The summed E-state index contributed by atoms with van der Waals surface area (Å²) in [4.78, 5) is 15.0. The van der Waals surface area contributed by atoms with Crippen molar-refractivity contribution < 1.29 is 9.53 Å². The van der Waals surface area contributed by atoms with Crippen molar-refractivity contribution in [3.05, 3.63) is 42.2 Å². The van der Waals surface area contributed by atoms with Crippen LogP contribution in [0, 0.1) is 0 Å². The van der Waals surface area contributed by atoms with Gasteiger partial charge >= 0.3 is 5.97 Å². The zero-order valence-electron chi connectivity index (χ0n) is 10.1. The van der Waals surface area contributed by atoms with Gasteiger partial charge in [-0.25, -0.2) is 4.79 Å². The third-order valence-electron chi connectivity index (χ3n) is 2.12. The fourth-order valence-corrected chi connectivity index (χ4v) is 1.31. The maximum atomic E-state index is 11.0. The summed E-state index contributed by atoms with van der Waals surface area (Å²) in [6.07, 6.45) is 7.76. The maximum Gasteiger partial charge on any atom is 0.330 e. The van der Waals surface area contributed by atoms with Crippen LogP contribution in [0.5, 0.6) is 0 Å². The standard InChI is InChI=1S/C13H18N2O2/c1-2-17-13(16)6-4-8-14-10-7-12-5-3-9-15-11-12/h3-6,9,11,14H,2,7-8,10H2,1H3/b6-4+. The number of hydrogen-bond donors (Lipinski definition) is 1. The first-order valence-electron chi connectivity index (χ1n) is 5.76. The lowest BCUT2D eigenvalue weighted by atomic mass is 10.2. The molecule has 0 aliphatic rings. The van der Waals surface area contributed by atoms with E-state index in [0.29, 0.717) is 13.2 Å². The van der Waals surface area contributed by atoms with Crippen LogP contribution in [-0.2, 0) is 16.0 Å². The number of pyridine rings is 1. The third-order valence-corrected chi connectivity index (χ3v) is 2.12. The molecule has 0 aliphatic heterocycles. The van der Waals surface area contributed by atoms with Crippen molar-refractivity contribution in [2.24, 2.45) is 0 Å². The topological polar surface area (TPSA) is 51.2 Å². The van der Waals surface area contributed by atoms with Crippen LogP contribution < -0.4 is 5.32 Å². The van der Waals surface area contributed by atoms with E-state index in [1.807, 2.05) is 18.3 Å². The second kappa shape index (κ2) is 8.47. The molecule has 0 saturated heterocycles. The smallest absolute Gasteiger partial charge is 0.330 e. The summed E-state index contributed by atoms with van der Waals surface area (Å²) in [5, 5.41) is 3.21. The maximum absolute atomic E-state index is 11.0. The van der Waals surface area contributed by atoms with Gasteiger partial charge < -0.3 is 10.1 Å². The molecule has 0 aromatic carbocycles. The lowest BCUT2D eigenvalue weighted by Crippen LogP contribution is -2.17. The Hall–Kier alpha value is -1.68. The molecule has 1 N–H and O–H groups in total. The van der Waals surface area contributed by atoms with Gasteiger partial charge in [-0.2, -0.15) is 0 Å². The van der Waals surface area contributed by atoms with Gasteiger partial charge in [0.05, 0.1) is 6.61 Å². The van der Waals surface area contributed by atoms with Gasteiger partial charge in [-0.05, 0) is 31.5 Å². The van der Waals surface area contributed by atoms with E-state index in [1.54, 1.807) is 19.2 Å². The molecule has 0 spiro atoms. The lowest BCUT2D eigenvalue weighted by molar-refractivity contribution is -0.137.